The lowest BCUT2D eigenvalue weighted by atomic mass is 10.2. The maximum absolute atomic E-state index is 9.53. The highest BCUT2D eigenvalue weighted by atomic mass is 79.9. The molecule has 1 aliphatic rings. The van der Waals surface area contributed by atoms with Gasteiger partial charge in [0.1, 0.15) is 0 Å². The van der Waals surface area contributed by atoms with E-state index < -0.39 is 5.79 Å². The minimum Gasteiger partial charge on any atom is -0.483 e. The Labute approximate surface area is 84.4 Å². The predicted octanol–water partition coefficient (Wildman–Crippen LogP) is 1.93. The highest BCUT2D eigenvalue weighted by Crippen LogP contribution is 2.36. The number of aliphatic hydroxyl groups is 1. The summed E-state index contributed by atoms with van der Waals surface area (Å²) in [7, 11) is 0. The van der Waals surface area contributed by atoms with Crippen LogP contribution in [0, 0.1) is 0 Å². The van der Waals surface area contributed by atoms with Crippen LogP contribution in [0.5, 0.6) is 11.5 Å². The molecule has 3 nitrogen and oxygen atoms in total. The van der Waals surface area contributed by atoms with Gasteiger partial charge < -0.3 is 14.6 Å². The quantitative estimate of drug-likeness (QED) is 0.758. The Bertz CT molecular complexity index is 336. The zero-order valence-corrected chi connectivity index (χ0v) is 8.67. The summed E-state index contributed by atoms with van der Waals surface area (Å²) in [5, 5.41) is 9.53. The minimum absolute atomic E-state index is 0.149. The van der Waals surface area contributed by atoms with Crippen LogP contribution in [0.15, 0.2) is 22.7 Å². The van der Waals surface area contributed by atoms with Crippen LogP contribution in [0.25, 0.3) is 0 Å². The molecule has 1 heterocycles. The molecule has 0 saturated carbocycles. The van der Waals surface area contributed by atoms with Crippen molar-refractivity contribution >= 4 is 15.9 Å². The van der Waals surface area contributed by atoms with Crippen LogP contribution in [0.3, 0.4) is 0 Å². The van der Waals surface area contributed by atoms with Crippen LogP contribution in [-0.2, 0) is 0 Å². The summed E-state index contributed by atoms with van der Waals surface area (Å²) >= 11 is 3.32. The van der Waals surface area contributed by atoms with Crippen molar-refractivity contribution in [2.24, 2.45) is 0 Å². The Balaban J connectivity index is 2.37. The molecule has 13 heavy (non-hydrogen) atoms. The first-order chi connectivity index (χ1) is 6.07. The molecule has 70 valence electrons. The number of rotatable bonds is 0. The van der Waals surface area contributed by atoms with Crippen LogP contribution in [0.4, 0.5) is 0 Å². The molecule has 1 aromatic carbocycles. The lowest BCUT2D eigenvalue weighted by Gasteiger charge is -2.30. The molecule has 1 aromatic rings. The number of ether oxygens (including phenoxy) is 2. The van der Waals surface area contributed by atoms with Gasteiger partial charge in [-0.25, -0.2) is 0 Å². The van der Waals surface area contributed by atoms with Gasteiger partial charge in [-0.3, -0.25) is 0 Å². The van der Waals surface area contributed by atoms with Crippen molar-refractivity contribution in [1.29, 1.82) is 0 Å². The van der Waals surface area contributed by atoms with E-state index in [0.29, 0.717) is 11.5 Å². The zero-order valence-electron chi connectivity index (χ0n) is 7.08. The summed E-state index contributed by atoms with van der Waals surface area (Å²) in [5.74, 6) is 0.00115. The Morgan fingerprint density at radius 3 is 3.00 bits per heavy atom. The van der Waals surface area contributed by atoms with Crippen molar-refractivity contribution < 1.29 is 14.6 Å². The van der Waals surface area contributed by atoms with Crippen molar-refractivity contribution in [2.45, 2.75) is 12.7 Å². The second kappa shape index (κ2) is 2.89. The van der Waals surface area contributed by atoms with Crippen molar-refractivity contribution in [3.8, 4) is 11.5 Å². The number of halogens is 1. The van der Waals surface area contributed by atoms with E-state index in [-0.39, 0.29) is 6.61 Å². The maximum atomic E-state index is 9.53. The van der Waals surface area contributed by atoms with Crippen LogP contribution in [-0.4, -0.2) is 17.5 Å². The van der Waals surface area contributed by atoms with Gasteiger partial charge in [-0.15, -0.1) is 0 Å². The monoisotopic (exact) mass is 244 g/mol. The van der Waals surface area contributed by atoms with E-state index in [1.165, 1.54) is 0 Å². The van der Waals surface area contributed by atoms with E-state index in [1.54, 1.807) is 13.0 Å². The van der Waals surface area contributed by atoms with E-state index in [0.717, 1.165) is 4.47 Å². The second-order valence-electron chi connectivity index (χ2n) is 3.16. The van der Waals surface area contributed by atoms with Gasteiger partial charge in [0, 0.05) is 11.4 Å². The summed E-state index contributed by atoms with van der Waals surface area (Å²) < 4.78 is 11.5. The summed E-state index contributed by atoms with van der Waals surface area (Å²) in [5.41, 5.74) is 0. The van der Waals surface area contributed by atoms with E-state index in [2.05, 4.69) is 15.9 Å². The Morgan fingerprint density at radius 2 is 2.23 bits per heavy atom. The molecule has 0 aromatic heterocycles. The normalized spacial score (nSPS) is 25.8. The topological polar surface area (TPSA) is 38.7 Å². The first kappa shape index (κ1) is 8.84. The van der Waals surface area contributed by atoms with Crippen molar-refractivity contribution in [2.75, 3.05) is 6.61 Å². The van der Waals surface area contributed by atoms with E-state index in [1.807, 2.05) is 12.1 Å². The molecule has 0 amide bonds. The molecule has 0 bridgehead atoms. The first-order valence-electron chi connectivity index (χ1n) is 3.91. The molecule has 0 spiro atoms. The largest absolute Gasteiger partial charge is 0.483 e. The average Bonchev–Trinajstić information content (AvgIpc) is 2.05. The van der Waals surface area contributed by atoms with Crippen molar-refractivity contribution in [3.63, 3.8) is 0 Å². The molecule has 2 rings (SSSR count). The minimum atomic E-state index is -1.22. The summed E-state index contributed by atoms with van der Waals surface area (Å²) in [4.78, 5) is 0. The summed E-state index contributed by atoms with van der Waals surface area (Å²) in [6, 6.07) is 5.40. The highest BCUT2D eigenvalue weighted by molar-refractivity contribution is 9.10. The van der Waals surface area contributed by atoms with Gasteiger partial charge in [0.15, 0.2) is 18.1 Å². The van der Waals surface area contributed by atoms with Gasteiger partial charge in [0.25, 0.3) is 0 Å². The summed E-state index contributed by atoms with van der Waals surface area (Å²) in [6.45, 7) is 1.72. The highest BCUT2D eigenvalue weighted by Gasteiger charge is 2.30. The van der Waals surface area contributed by atoms with Crippen LogP contribution in [0.1, 0.15) is 6.92 Å². The fraction of sp³-hybridized carbons (Fsp3) is 0.333. The third-order valence-corrected chi connectivity index (χ3v) is 2.22. The fourth-order valence-corrected chi connectivity index (χ4v) is 1.50. The van der Waals surface area contributed by atoms with Gasteiger partial charge in [-0.2, -0.15) is 0 Å². The number of fused-ring (bicyclic) bond motifs is 1. The molecule has 0 radical (unpaired) electrons. The van der Waals surface area contributed by atoms with E-state index in [9.17, 15) is 5.11 Å². The Kier molecular flexibility index (Phi) is 1.96. The third kappa shape index (κ3) is 1.78. The van der Waals surface area contributed by atoms with Crippen molar-refractivity contribution in [3.05, 3.63) is 22.7 Å². The second-order valence-corrected chi connectivity index (χ2v) is 4.07. The van der Waals surface area contributed by atoms with Crippen LogP contribution >= 0.6 is 15.9 Å². The lowest BCUT2D eigenvalue weighted by molar-refractivity contribution is -0.159. The lowest BCUT2D eigenvalue weighted by Crippen LogP contribution is -2.41. The van der Waals surface area contributed by atoms with Crippen LogP contribution < -0.4 is 9.47 Å². The predicted molar refractivity (Wildman–Crippen MR) is 50.9 cm³/mol. The molecule has 4 heteroatoms. The average molecular weight is 245 g/mol. The van der Waals surface area contributed by atoms with Gasteiger partial charge in [0.2, 0.25) is 5.79 Å². The van der Waals surface area contributed by atoms with E-state index in [4.69, 9.17) is 9.47 Å². The Morgan fingerprint density at radius 1 is 1.46 bits per heavy atom. The molecule has 0 unspecified atom stereocenters. The number of hydrogen-bond donors (Lipinski definition) is 1. The molecular weight excluding hydrogens is 236 g/mol. The molecular formula is C9H9BrO3. The maximum Gasteiger partial charge on any atom is 0.239 e. The molecule has 1 aliphatic heterocycles. The van der Waals surface area contributed by atoms with E-state index >= 15 is 0 Å². The first-order valence-corrected chi connectivity index (χ1v) is 4.70. The van der Waals surface area contributed by atoms with Gasteiger partial charge in [0.05, 0.1) is 0 Å². The SMILES string of the molecule is C[C@]1(O)COc2cc(Br)ccc2O1. The molecule has 1 N–H and O–H groups in total. The van der Waals surface area contributed by atoms with Crippen LogP contribution in [0.2, 0.25) is 0 Å². The number of hydrogen-bond acceptors (Lipinski definition) is 3. The molecule has 1 atom stereocenters. The zero-order chi connectivity index (χ0) is 9.47. The molecule has 0 saturated heterocycles. The fourth-order valence-electron chi connectivity index (χ4n) is 1.16. The molecule has 0 aliphatic carbocycles. The third-order valence-electron chi connectivity index (χ3n) is 1.73. The standard InChI is InChI=1S/C9H9BrO3/c1-9(11)5-12-8-4-6(10)2-3-7(8)13-9/h2-4,11H,5H2,1H3/t9-/m1/s1. The smallest absolute Gasteiger partial charge is 0.239 e. The molecule has 0 fully saturated rings. The number of benzene rings is 1. The van der Waals surface area contributed by atoms with Gasteiger partial charge in [-0.1, -0.05) is 15.9 Å². The van der Waals surface area contributed by atoms with Gasteiger partial charge in [-0.05, 0) is 18.2 Å². The van der Waals surface area contributed by atoms with Gasteiger partial charge >= 0.3 is 0 Å². The summed E-state index contributed by atoms with van der Waals surface area (Å²) in [6.07, 6.45) is 0. The van der Waals surface area contributed by atoms with Crippen molar-refractivity contribution in [1.82, 2.24) is 0 Å². The Hall–Kier alpha value is -0.740.